The second kappa shape index (κ2) is 8.93. The first kappa shape index (κ1) is 21.6. The molecule has 0 fully saturated rings. The maximum absolute atomic E-state index is 13.5. The number of rotatable bonds is 5. The second-order valence-electron chi connectivity index (χ2n) is 8.21. The van der Waals surface area contributed by atoms with Gasteiger partial charge < -0.3 is 13.9 Å². The molecule has 0 unspecified atom stereocenters. The van der Waals surface area contributed by atoms with Gasteiger partial charge in [0.2, 0.25) is 5.43 Å². The summed E-state index contributed by atoms with van der Waals surface area (Å²) in [5.41, 5.74) is 4.07. The maximum atomic E-state index is 13.5. The Bertz CT molecular complexity index is 1360. The van der Waals surface area contributed by atoms with Crippen LogP contribution in [0.5, 0.6) is 11.5 Å². The van der Waals surface area contributed by atoms with E-state index in [1.807, 2.05) is 61.5 Å². The summed E-state index contributed by atoms with van der Waals surface area (Å²) in [6, 6.07) is 19.0. The van der Waals surface area contributed by atoms with Gasteiger partial charge in [0, 0.05) is 18.1 Å². The number of hydrogen-bond donors (Lipinski definition) is 0. The molecule has 2 heterocycles. The molecular formula is C27H24ClNO4. The van der Waals surface area contributed by atoms with Gasteiger partial charge in [-0.2, -0.15) is 0 Å². The lowest BCUT2D eigenvalue weighted by Gasteiger charge is -2.29. The Morgan fingerprint density at radius 1 is 1.03 bits per heavy atom. The van der Waals surface area contributed by atoms with Gasteiger partial charge in [-0.25, -0.2) is 0 Å². The lowest BCUT2D eigenvalue weighted by Crippen LogP contribution is -2.33. The Morgan fingerprint density at radius 2 is 1.79 bits per heavy atom. The van der Waals surface area contributed by atoms with Crippen molar-refractivity contribution in [3.63, 3.8) is 0 Å². The molecule has 4 aromatic rings. The Morgan fingerprint density at radius 3 is 2.52 bits per heavy atom. The van der Waals surface area contributed by atoms with Crippen molar-refractivity contribution in [1.29, 1.82) is 0 Å². The topological polar surface area (TPSA) is 51.9 Å². The Hall–Kier alpha value is -3.28. The van der Waals surface area contributed by atoms with Crippen LogP contribution in [0.15, 0.2) is 69.9 Å². The molecule has 0 amide bonds. The van der Waals surface area contributed by atoms with Crippen molar-refractivity contribution < 1.29 is 13.9 Å². The van der Waals surface area contributed by atoms with E-state index < -0.39 is 0 Å². The van der Waals surface area contributed by atoms with Crippen LogP contribution < -0.4 is 14.9 Å². The van der Waals surface area contributed by atoms with Crippen molar-refractivity contribution in [3.05, 3.63) is 92.8 Å². The number of ether oxygens (including phenoxy) is 2. The first-order chi connectivity index (χ1) is 16.0. The molecule has 6 heteroatoms. The maximum Gasteiger partial charge on any atom is 0.200 e. The highest BCUT2D eigenvalue weighted by Gasteiger charge is 2.23. The van der Waals surface area contributed by atoms with E-state index in [1.165, 1.54) is 5.56 Å². The van der Waals surface area contributed by atoms with Crippen LogP contribution in [0, 0.1) is 6.92 Å². The van der Waals surface area contributed by atoms with E-state index in [4.69, 9.17) is 25.5 Å². The van der Waals surface area contributed by atoms with Crippen LogP contribution in [0.25, 0.3) is 22.1 Å². The highest BCUT2D eigenvalue weighted by atomic mass is 35.5. The van der Waals surface area contributed by atoms with Crippen molar-refractivity contribution >= 4 is 22.6 Å². The summed E-state index contributed by atoms with van der Waals surface area (Å²) in [7, 11) is 1.62. The number of hydrogen-bond acceptors (Lipinski definition) is 5. The van der Waals surface area contributed by atoms with E-state index >= 15 is 0 Å². The molecule has 3 aromatic carbocycles. The molecular weight excluding hydrogens is 438 g/mol. The summed E-state index contributed by atoms with van der Waals surface area (Å²) in [4.78, 5) is 15.7. The average Bonchev–Trinajstić information content (AvgIpc) is 2.84. The lowest BCUT2D eigenvalue weighted by molar-refractivity contribution is 0.0968. The SMILES string of the molecule is COc1ccc(-c2c(C)oc3c4c(ccc3c2=O)OCN(CCc2ccc(Cl)cc2)C4)cc1. The fourth-order valence-electron chi connectivity index (χ4n) is 4.29. The number of fused-ring (bicyclic) bond motifs is 3. The predicted octanol–water partition coefficient (Wildman–Crippen LogP) is 5.83. The van der Waals surface area contributed by atoms with Crippen molar-refractivity contribution in [1.82, 2.24) is 4.90 Å². The molecule has 33 heavy (non-hydrogen) atoms. The van der Waals surface area contributed by atoms with Crippen LogP contribution in [-0.4, -0.2) is 25.3 Å². The quantitative estimate of drug-likeness (QED) is 0.374. The minimum absolute atomic E-state index is 0.0417. The summed E-state index contributed by atoms with van der Waals surface area (Å²) in [6.07, 6.45) is 0.880. The minimum atomic E-state index is -0.0417. The summed E-state index contributed by atoms with van der Waals surface area (Å²) in [5.74, 6) is 2.10. The van der Waals surface area contributed by atoms with E-state index in [-0.39, 0.29) is 5.43 Å². The molecule has 5 rings (SSSR count). The summed E-state index contributed by atoms with van der Waals surface area (Å²) >= 11 is 5.99. The molecule has 0 saturated carbocycles. The molecule has 0 atom stereocenters. The zero-order valence-electron chi connectivity index (χ0n) is 18.6. The van der Waals surface area contributed by atoms with Gasteiger partial charge in [0.25, 0.3) is 0 Å². The molecule has 168 valence electrons. The van der Waals surface area contributed by atoms with Crippen molar-refractivity contribution in [2.24, 2.45) is 0 Å². The third-order valence-corrected chi connectivity index (χ3v) is 6.34. The van der Waals surface area contributed by atoms with Crippen LogP contribution in [0.4, 0.5) is 0 Å². The smallest absolute Gasteiger partial charge is 0.200 e. The lowest BCUT2D eigenvalue weighted by atomic mass is 10.0. The Labute approximate surface area is 197 Å². The molecule has 0 spiro atoms. The fourth-order valence-corrected chi connectivity index (χ4v) is 4.42. The first-order valence-electron chi connectivity index (χ1n) is 10.9. The Balaban J connectivity index is 1.46. The summed E-state index contributed by atoms with van der Waals surface area (Å²) < 4.78 is 17.5. The summed E-state index contributed by atoms with van der Waals surface area (Å²) in [5, 5.41) is 1.30. The second-order valence-corrected chi connectivity index (χ2v) is 8.65. The number of aryl methyl sites for hydroxylation is 1. The summed E-state index contributed by atoms with van der Waals surface area (Å²) in [6.45, 7) is 3.82. The van der Waals surface area contributed by atoms with Crippen molar-refractivity contribution in [2.75, 3.05) is 20.4 Å². The number of benzene rings is 3. The predicted molar refractivity (Wildman–Crippen MR) is 130 cm³/mol. The molecule has 0 radical (unpaired) electrons. The van der Waals surface area contributed by atoms with Crippen LogP contribution in [-0.2, 0) is 13.0 Å². The fraction of sp³-hybridized carbons (Fsp3) is 0.222. The van der Waals surface area contributed by atoms with Crippen molar-refractivity contribution in [3.8, 4) is 22.6 Å². The van der Waals surface area contributed by atoms with E-state index in [0.29, 0.717) is 35.6 Å². The first-order valence-corrected chi connectivity index (χ1v) is 11.2. The van der Waals surface area contributed by atoms with Gasteiger partial charge in [-0.3, -0.25) is 9.69 Å². The van der Waals surface area contributed by atoms with Crippen molar-refractivity contribution in [2.45, 2.75) is 19.9 Å². The van der Waals surface area contributed by atoms with Crippen LogP contribution in [0.3, 0.4) is 0 Å². The van der Waals surface area contributed by atoms with Crippen LogP contribution in [0.2, 0.25) is 5.02 Å². The molecule has 0 saturated heterocycles. The number of halogens is 1. The number of methoxy groups -OCH3 is 1. The third-order valence-electron chi connectivity index (χ3n) is 6.09. The van der Waals surface area contributed by atoms with Gasteiger partial charge in [0.15, 0.2) is 0 Å². The molecule has 1 aliphatic heterocycles. The molecule has 1 aliphatic rings. The monoisotopic (exact) mass is 461 g/mol. The van der Waals surface area contributed by atoms with Crippen LogP contribution in [0.1, 0.15) is 16.9 Å². The molecule has 5 nitrogen and oxygen atoms in total. The zero-order valence-corrected chi connectivity index (χ0v) is 19.3. The molecule has 0 bridgehead atoms. The van der Waals surface area contributed by atoms with E-state index in [1.54, 1.807) is 13.2 Å². The van der Waals surface area contributed by atoms with Crippen LogP contribution >= 0.6 is 11.6 Å². The van der Waals surface area contributed by atoms with E-state index in [0.717, 1.165) is 40.6 Å². The van der Waals surface area contributed by atoms with Gasteiger partial charge in [-0.05, 0) is 60.9 Å². The minimum Gasteiger partial charge on any atom is -0.497 e. The largest absolute Gasteiger partial charge is 0.497 e. The Kier molecular flexibility index (Phi) is 5.83. The normalized spacial score (nSPS) is 13.5. The zero-order chi connectivity index (χ0) is 22.9. The molecule has 1 aromatic heterocycles. The van der Waals surface area contributed by atoms with Gasteiger partial charge in [0.05, 0.1) is 23.6 Å². The van der Waals surface area contributed by atoms with Gasteiger partial charge >= 0.3 is 0 Å². The molecule has 0 N–H and O–H groups in total. The van der Waals surface area contributed by atoms with Gasteiger partial charge in [-0.15, -0.1) is 0 Å². The third kappa shape index (κ3) is 4.22. The van der Waals surface area contributed by atoms with E-state index in [9.17, 15) is 4.79 Å². The number of nitrogens with zero attached hydrogens (tertiary/aromatic N) is 1. The highest BCUT2D eigenvalue weighted by Crippen LogP contribution is 2.34. The average molecular weight is 462 g/mol. The molecule has 0 aliphatic carbocycles. The standard InChI is InChI=1S/C27H24ClNO4/c1-17-25(19-5-9-21(31-2)10-6-19)26(30)22-11-12-24-23(27(22)33-17)15-29(16-32-24)14-13-18-3-7-20(28)8-4-18/h3-12H,13-16H2,1-2H3. The van der Waals surface area contributed by atoms with E-state index in [2.05, 4.69) is 4.90 Å². The van der Waals surface area contributed by atoms with Gasteiger partial charge in [-0.1, -0.05) is 35.9 Å². The van der Waals surface area contributed by atoms with Gasteiger partial charge in [0.1, 0.15) is 29.6 Å². The highest BCUT2D eigenvalue weighted by molar-refractivity contribution is 6.30.